The van der Waals surface area contributed by atoms with Crippen LogP contribution in [0, 0.1) is 0 Å². The molecule has 0 bridgehead atoms. The number of aliphatic hydroxyl groups excluding tert-OH is 1. The second kappa shape index (κ2) is 8.31. The van der Waals surface area contributed by atoms with E-state index in [1.807, 2.05) is 0 Å². The summed E-state index contributed by atoms with van der Waals surface area (Å²) in [7, 11) is 1.49. The Morgan fingerprint density at radius 3 is 2.68 bits per heavy atom. The van der Waals surface area contributed by atoms with Crippen LogP contribution in [0.15, 0.2) is 81.0 Å². The third kappa shape index (κ3) is 3.48. The Labute approximate surface area is 198 Å². The Hall–Kier alpha value is -4.17. The van der Waals surface area contributed by atoms with E-state index in [1.165, 1.54) is 42.5 Å². The molecule has 0 saturated heterocycles. The summed E-state index contributed by atoms with van der Waals surface area (Å²) in [6.07, 6.45) is 1.46. The van der Waals surface area contributed by atoms with Gasteiger partial charge < -0.3 is 28.7 Å². The maximum absolute atomic E-state index is 13.6. The summed E-state index contributed by atoms with van der Waals surface area (Å²) >= 11 is 6.12. The normalized spacial score (nSPS) is 16.0. The number of furan rings is 2. The topological polar surface area (TPSA) is 113 Å². The summed E-state index contributed by atoms with van der Waals surface area (Å²) in [5.74, 6) is -1.43. The molecule has 8 nitrogen and oxygen atoms in total. The van der Waals surface area contributed by atoms with E-state index in [4.69, 9.17) is 25.2 Å². The van der Waals surface area contributed by atoms with Crippen LogP contribution in [0.3, 0.4) is 0 Å². The first-order valence-corrected chi connectivity index (χ1v) is 10.6. The Kier molecular flexibility index (Phi) is 5.30. The van der Waals surface area contributed by atoms with E-state index < -0.39 is 23.5 Å². The lowest BCUT2D eigenvalue weighted by Gasteiger charge is -2.26. The molecule has 0 radical (unpaired) electrons. The number of carbonyl (C=O) groups is 2. The van der Waals surface area contributed by atoms with Crippen molar-refractivity contribution in [2.24, 2.45) is 0 Å². The molecule has 34 heavy (non-hydrogen) atoms. The molecule has 0 spiro atoms. The number of fused-ring (bicyclic) bond motifs is 1. The first-order chi connectivity index (χ1) is 16.4. The van der Waals surface area contributed by atoms with Gasteiger partial charge in [0.2, 0.25) is 5.78 Å². The van der Waals surface area contributed by atoms with Crippen molar-refractivity contribution in [1.29, 1.82) is 0 Å². The maximum Gasteiger partial charge on any atom is 0.290 e. The highest BCUT2D eigenvalue weighted by Crippen LogP contribution is 2.42. The summed E-state index contributed by atoms with van der Waals surface area (Å²) in [4.78, 5) is 28.0. The number of ether oxygens (including phenoxy) is 1. The van der Waals surface area contributed by atoms with Gasteiger partial charge in [0.15, 0.2) is 22.9 Å². The molecule has 1 amide bonds. The van der Waals surface area contributed by atoms with Crippen molar-refractivity contribution >= 4 is 34.3 Å². The van der Waals surface area contributed by atoms with Gasteiger partial charge in [-0.15, -0.1) is 0 Å². The maximum atomic E-state index is 13.6. The van der Waals surface area contributed by atoms with Crippen LogP contribution in [-0.4, -0.2) is 33.9 Å². The van der Waals surface area contributed by atoms with Crippen molar-refractivity contribution in [3.8, 4) is 11.5 Å². The fourth-order valence-electron chi connectivity index (χ4n) is 4.10. The molecule has 1 unspecified atom stereocenters. The predicted molar refractivity (Wildman–Crippen MR) is 122 cm³/mol. The number of benzene rings is 2. The minimum absolute atomic E-state index is 0.0101. The molecule has 3 heterocycles. The highest BCUT2D eigenvalue weighted by atomic mass is 35.5. The molecule has 0 aliphatic carbocycles. The number of aliphatic hydroxyl groups is 1. The van der Waals surface area contributed by atoms with Crippen LogP contribution in [0.4, 0.5) is 0 Å². The van der Waals surface area contributed by atoms with Crippen molar-refractivity contribution in [3.05, 3.63) is 94.3 Å². The molecule has 2 N–H and O–H groups in total. The zero-order valence-corrected chi connectivity index (χ0v) is 18.6. The monoisotopic (exact) mass is 479 g/mol. The number of para-hydroxylation sites is 1. The minimum Gasteiger partial charge on any atom is -0.506 e. The number of rotatable bonds is 6. The molecule has 2 aromatic carbocycles. The number of hydrogen-bond donors (Lipinski definition) is 2. The lowest BCUT2D eigenvalue weighted by molar-refractivity contribution is -0.130. The Morgan fingerprint density at radius 2 is 1.97 bits per heavy atom. The number of aromatic hydroxyl groups is 1. The first-order valence-electron chi connectivity index (χ1n) is 10.2. The van der Waals surface area contributed by atoms with Gasteiger partial charge in [-0.2, -0.15) is 0 Å². The van der Waals surface area contributed by atoms with Crippen molar-refractivity contribution in [1.82, 2.24) is 4.90 Å². The second-order valence-electron chi connectivity index (χ2n) is 7.71. The highest BCUT2D eigenvalue weighted by molar-refractivity contribution is 6.32. The number of phenols is 1. The molecule has 0 saturated carbocycles. The third-order valence-electron chi connectivity index (χ3n) is 5.69. The molecule has 172 valence electrons. The third-order valence-corrected chi connectivity index (χ3v) is 6.00. The summed E-state index contributed by atoms with van der Waals surface area (Å²) in [5, 5.41) is 21.3. The van der Waals surface area contributed by atoms with Crippen LogP contribution in [-0.2, 0) is 11.3 Å². The molecule has 9 heteroatoms. The molecule has 1 aliphatic rings. The zero-order chi connectivity index (χ0) is 24.0. The molecule has 0 fully saturated rings. The lowest BCUT2D eigenvalue weighted by atomic mass is 9.95. The van der Waals surface area contributed by atoms with Crippen LogP contribution in [0.25, 0.3) is 11.0 Å². The molecule has 1 aliphatic heterocycles. The van der Waals surface area contributed by atoms with Gasteiger partial charge in [-0.05, 0) is 42.0 Å². The Morgan fingerprint density at radius 1 is 1.15 bits per heavy atom. The summed E-state index contributed by atoms with van der Waals surface area (Å²) in [5.41, 5.74) is 0.620. The van der Waals surface area contributed by atoms with Crippen molar-refractivity contribution < 1.29 is 33.4 Å². The Balaban J connectivity index is 1.63. The SMILES string of the molecule is COc1cccc2cc(C(=O)C3=C(O)C(=O)N(Cc4ccco4)C3c3ccc(O)c(Cl)c3)oc12. The van der Waals surface area contributed by atoms with Gasteiger partial charge in [0.25, 0.3) is 5.91 Å². The summed E-state index contributed by atoms with van der Waals surface area (Å²) < 4.78 is 16.5. The molecular weight excluding hydrogens is 462 g/mol. The van der Waals surface area contributed by atoms with E-state index in [0.29, 0.717) is 28.0 Å². The van der Waals surface area contributed by atoms with Gasteiger partial charge in [0.1, 0.15) is 11.5 Å². The number of nitrogens with zero attached hydrogens (tertiary/aromatic N) is 1. The average molecular weight is 480 g/mol. The fourth-order valence-corrected chi connectivity index (χ4v) is 4.29. The summed E-state index contributed by atoms with van der Waals surface area (Å²) in [6, 6.07) is 13.4. The number of halogens is 1. The quantitative estimate of drug-likeness (QED) is 0.366. The number of Topliss-reactive ketones (excluding diaryl/α,β-unsaturated/α-hetero) is 1. The van der Waals surface area contributed by atoms with Gasteiger partial charge in [0, 0.05) is 5.39 Å². The first kappa shape index (κ1) is 21.7. The van der Waals surface area contributed by atoms with Crippen LogP contribution < -0.4 is 4.74 Å². The number of ketones is 1. The number of hydrogen-bond acceptors (Lipinski definition) is 7. The average Bonchev–Trinajstić information content (AvgIpc) is 3.56. The van der Waals surface area contributed by atoms with Crippen molar-refractivity contribution in [3.63, 3.8) is 0 Å². The van der Waals surface area contributed by atoms with Crippen molar-refractivity contribution in [2.75, 3.05) is 7.11 Å². The van der Waals surface area contributed by atoms with Gasteiger partial charge in [-0.3, -0.25) is 9.59 Å². The number of phenolic OH excluding ortho intramolecular Hbond substituents is 1. The van der Waals surface area contributed by atoms with E-state index in [1.54, 1.807) is 30.3 Å². The zero-order valence-electron chi connectivity index (χ0n) is 17.8. The van der Waals surface area contributed by atoms with Crippen LogP contribution in [0.5, 0.6) is 11.5 Å². The predicted octanol–water partition coefficient (Wildman–Crippen LogP) is 5.17. The summed E-state index contributed by atoms with van der Waals surface area (Å²) in [6.45, 7) is -0.0101. The van der Waals surface area contributed by atoms with Gasteiger partial charge in [-0.1, -0.05) is 29.8 Å². The standard InChI is InChI=1S/C25H18ClNO7/c1-32-18-6-2-4-14-11-19(34-24(14)18)22(29)20-21(13-7-8-17(28)16(26)10-13)27(25(31)23(20)30)12-15-5-3-9-33-15/h2-11,21,28,30H,12H2,1H3. The number of amides is 1. The van der Waals surface area contributed by atoms with Crippen LogP contribution >= 0.6 is 11.6 Å². The fraction of sp³-hybridized carbons (Fsp3) is 0.120. The van der Waals surface area contributed by atoms with Crippen molar-refractivity contribution in [2.45, 2.75) is 12.6 Å². The van der Waals surface area contributed by atoms with Gasteiger partial charge >= 0.3 is 0 Å². The largest absolute Gasteiger partial charge is 0.506 e. The second-order valence-corrected chi connectivity index (χ2v) is 8.11. The van der Waals surface area contributed by atoms with Crippen LogP contribution in [0.2, 0.25) is 5.02 Å². The van der Waals surface area contributed by atoms with Crippen LogP contribution in [0.1, 0.15) is 27.9 Å². The number of carbonyl (C=O) groups excluding carboxylic acids is 2. The molecule has 2 aromatic heterocycles. The minimum atomic E-state index is -1.00. The van der Waals surface area contributed by atoms with Gasteiger partial charge in [-0.25, -0.2) is 0 Å². The van der Waals surface area contributed by atoms with E-state index in [-0.39, 0.29) is 28.7 Å². The molecule has 4 aromatic rings. The molecule has 5 rings (SSSR count). The van der Waals surface area contributed by atoms with E-state index >= 15 is 0 Å². The lowest BCUT2D eigenvalue weighted by Crippen LogP contribution is -2.30. The molecular formula is C25H18ClNO7. The van der Waals surface area contributed by atoms with E-state index in [9.17, 15) is 19.8 Å². The molecule has 1 atom stereocenters. The van der Waals surface area contributed by atoms with E-state index in [0.717, 1.165) is 0 Å². The van der Waals surface area contributed by atoms with E-state index in [2.05, 4.69) is 0 Å². The highest BCUT2D eigenvalue weighted by Gasteiger charge is 2.45. The smallest absolute Gasteiger partial charge is 0.290 e. The van der Waals surface area contributed by atoms with Gasteiger partial charge in [0.05, 0.1) is 36.6 Å². The number of methoxy groups -OCH3 is 1. The Bertz CT molecular complexity index is 1450.